The number of carbonyl (C=O) groups is 1. The summed E-state index contributed by atoms with van der Waals surface area (Å²) in [7, 11) is 1.65. The summed E-state index contributed by atoms with van der Waals surface area (Å²) in [6.45, 7) is 6.14. The Morgan fingerprint density at radius 1 is 1.29 bits per heavy atom. The first-order chi connectivity index (χ1) is 9.98. The Balaban J connectivity index is 2.21. The SMILES string of the molecule is CCCC[C@H]1CC(=O)C(C)(C)[C@@H](c2ccc(OC)cc2)O1. The molecule has 21 heavy (non-hydrogen) atoms. The fourth-order valence-corrected chi connectivity index (χ4v) is 2.90. The first kappa shape index (κ1) is 16.0. The minimum atomic E-state index is -0.475. The zero-order valence-corrected chi connectivity index (χ0v) is 13.5. The van der Waals surface area contributed by atoms with Gasteiger partial charge in [0, 0.05) is 6.42 Å². The monoisotopic (exact) mass is 290 g/mol. The third-order valence-corrected chi connectivity index (χ3v) is 4.41. The highest BCUT2D eigenvalue weighted by atomic mass is 16.5. The van der Waals surface area contributed by atoms with E-state index in [0.29, 0.717) is 12.2 Å². The molecule has 0 spiro atoms. The normalized spacial score (nSPS) is 24.9. The highest BCUT2D eigenvalue weighted by Gasteiger charge is 2.44. The number of carbonyl (C=O) groups excluding carboxylic acids is 1. The summed E-state index contributed by atoms with van der Waals surface area (Å²) in [5.41, 5.74) is 0.576. The fraction of sp³-hybridized carbons (Fsp3) is 0.611. The lowest BCUT2D eigenvalue weighted by Crippen LogP contribution is -2.42. The number of ether oxygens (including phenoxy) is 2. The third kappa shape index (κ3) is 3.46. The molecule has 1 aromatic rings. The smallest absolute Gasteiger partial charge is 0.144 e. The second kappa shape index (κ2) is 6.61. The lowest BCUT2D eigenvalue weighted by Gasteiger charge is -2.41. The van der Waals surface area contributed by atoms with E-state index in [0.717, 1.165) is 30.6 Å². The number of ketones is 1. The van der Waals surface area contributed by atoms with E-state index >= 15 is 0 Å². The molecule has 0 unspecified atom stereocenters. The molecule has 0 bridgehead atoms. The highest BCUT2D eigenvalue weighted by Crippen LogP contribution is 2.44. The summed E-state index contributed by atoms with van der Waals surface area (Å²) < 4.78 is 11.5. The van der Waals surface area contributed by atoms with Crippen LogP contribution in [0.2, 0.25) is 0 Å². The molecule has 3 heteroatoms. The summed E-state index contributed by atoms with van der Waals surface area (Å²) >= 11 is 0. The summed E-state index contributed by atoms with van der Waals surface area (Å²) in [4.78, 5) is 12.5. The number of methoxy groups -OCH3 is 1. The van der Waals surface area contributed by atoms with E-state index in [2.05, 4.69) is 6.92 Å². The van der Waals surface area contributed by atoms with Crippen molar-refractivity contribution in [1.82, 2.24) is 0 Å². The molecule has 1 aliphatic heterocycles. The second-order valence-corrected chi connectivity index (χ2v) is 6.40. The Morgan fingerprint density at radius 3 is 2.52 bits per heavy atom. The van der Waals surface area contributed by atoms with E-state index in [9.17, 15) is 4.79 Å². The van der Waals surface area contributed by atoms with Gasteiger partial charge in [-0.1, -0.05) is 45.7 Å². The molecule has 2 atom stereocenters. The van der Waals surface area contributed by atoms with Crippen molar-refractivity contribution in [2.24, 2.45) is 5.41 Å². The number of rotatable bonds is 5. The largest absolute Gasteiger partial charge is 0.497 e. The zero-order chi connectivity index (χ0) is 15.5. The predicted molar refractivity (Wildman–Crippen MR) is 83.5 cm³/mol. The number of benzene rings is 1. The van der Waals surface area contributed by atoms with Gasteiger partial charge in [-0.3, -0.25) is 4.79 Å². The first-order valence-electron chi connectivity index (χ1n) is 7.81. The van der Waals surface area contributed by atoms with Crippen molar-refractivity contribution in [3.8, 4) is 5.75 Å². The molecule has 3 nitrogen and oxygen atoms in total. The van der Waals surface area contributed by atoms with Crippen LogP contribution in [0.4, 0.5) is 0 Å². The highest BCUT2D eigenvalue weighted by molar-refractivity contribution is 5.86. The Bertz CT molecular complexity index is 476. The summed E-state index contributed by atoms with van der Waals surface area (Å²) in [5, 5.41) is 0. The van der Waals surface area contributed by atoms with Crippen LogP contribution in [0.3, 0.4) is 0 Å². The van der Waals surface area contributed by atoms with Crippen LogP contribution >= 0.6 is 0 Å². The van der Waals surface area contributed by atoms with Gasteiger partial charge >= 0.3 is 0 Å². The molecule has 1 fully saturated rings. The van der Waals surface area contributed by atoms with Crippen LogP contribution in [0.1, 0.15) is 58.1 Å². The molecule has 0 radical (unpaired) electrons. The molecule has 1 aliphatic rings. The standard InChI is InChI=1S/C18H26O3/c1-5-6-7-15-12-16(19)18(2,3)17(21-15)13-8-10-14(20-4)11-9-13/h8-11,15,17H,5-7,12H2,1-4H3/t15-,17+/m0/s1. The van der Waals surface area contributed by atoms with Gasteiger partial charge in [0.25, 0.3) is 0 Å². The molecule has 0 saturated carbocycles. The molecular formula is C18H26O3. The summed E-state index contributed by atoms with van der Waals surface area (Å²) in [6.07, 6.45) is 3.62. The van der Waals surface area contributed by atoms with Crippen molar-refractivity contribution in [1.29, 1.82) is 0 Å². The van der Waals surface area contributed by atoms with Crippen molar-refractivity contribution in [2.75, 3.05) is 7.11 Å². The van der Waals surface area contributed by atoms with E-state index in [1.807, 2.05) is 38.1 Å². The minimum Gasteiger partial charge on any atom is -0.497 e. The van der Waals surface area contributed by atoms with E-state index in [1.54, 1.807) is 7.11 Å². The Labute approximate surface area is 127 Å². The van der Waals surface area contributed by atoms with Gasteiger partial charge in [0.15, 0.2) is 0 Å². The van der Waals surface area contributed by atoms with Gasteiger partial charge in [-0.2, -0.15) is 0 Å². The molecule has 1 saturated heterocycles. The predicted octanol–water partition coefficient (Wildman–Crippen LogP) is 4.31. The van der Waals surface area contributed by atoms with Gasteiger partial charge in [0.1, 0.15) is 11.5 Å². The zero-order valence-electron chi connectivity index (χ0n) is 13.5. The Hall–Kier alpha value is -1.35. The maximum Gasteiger partial charge on any atom is 0.144 e. The van der Waals surface area contributed by atoms with Crippen molar-refractivity contribution >= 4 is 5.78 Å². The Kier molecular flexibility index (Phi) is 5.04. The molecule has 0 amide bonds. The maximum absolute atomic E-state index is 12.5. The number of hydrogen-bond acceptors (Lipinski definition) is 3. The lowest BCUT2D eigenvalue weighted by molar-refractivity contribution is -0.161. The van der Waals surface area contributed by atoms with Gasteiger partial charge in [0.05, 0.1) is 24.7 Å². The molecule has 1 heterocycles. The van der Waals surface area contributed by atoms with E-state index in [-0.39, 0.29) is 12.2 Å². The first-order valence-corrected chi connectivity index (χ1v) is 7.81. The van der Waals surface area contributed by atoms with Crippen LogP contribution in [-0.4, -0.2) is 19.0 Å². The third-order valence-electron chi connectivity index (χ3n) is 4.41. The van der Waals surface area contributed by atoms with Crippen LogP contribution in [-0.2, 0) is 9.53 Å². The van der Waals surface area contributed by atoms with Crippen molar-refractivity contribution in [3.63, 3.8) is 0 Å². The number of hydrogen-bond donors (Lipinski definition) is 0. The fourth-order valence-electron chi connectivity index (χ4n) is 2.90. The topological polar surface area (TPSA) is 35.5 Å². The van der Waals surface area contributed by atoms with Gasteiger partial charge in [-0.05, 0) is 24.1 Å². The van der Waals surface area contributed by atoms with E-state index in [4.69, 9.17) is 9.47 Å². The molecular weight excluding hydrogens is 264 g/mol. The summed E-state index contributed by atoms with van der Waals surface area (Å²) in [6, 6.07) is 7.85. The van der Waals surface area contributed by atoms with Crippen molar-refractivity contribution in [2.45, 2.75) is 58.7 Å². The van der Waals surface area contributed by atoms with Crippen LogP contribution in [0.5, 0.6) is 5.75 Å². The molecule has 0 aliphatic carbocycles. The van der Waals surface area contributed by atoms with Crippen molar-refractivity contribution < 1.29 is 14.3 Å². The second-order valence-electron chi connectivity index (χ2n) is 6.40. The van der Waals surface area contributed by atoms with E-state index < -0.39 is 5.41 Å². The Morgan fingerprint density at radius 2 is 1.95 bits per heavy atom. The van der Waals surface area contributed by atoms with E-state index in [1.165, 1.54) is 0 Å². The maximum atomic E-state index is 12.5. The molecule has 1 aromatic carbocycles. The molecule has 0 N–H and O–H groups in total. The number of Topliss-reactive ketones (excluding diaryl/α,β-unsaturated/α-hetero) is 1. The minimum absolute atomic E-state index is 0.0533. The van der Waals surface area contributed by atoms with Crippen LogP contribution in [0.15, 0.2) is 24.3 Å². The quantitative estimate of drug-likeness (QED) is 0.810. The van der Waals surface area contributed by atoms with Gasteiger partial charge in [-0.25, -0.2) is 0 Å². The van der Waals surface area contributed by atoms with Crippen molar-refractivity contribution in [3.05, 3.63) is 29.8 Å². The van der Waals surface area contributed by atoms with Gasteiger partial charge < -0.3 is 9.47 Å². The lowest BCUT2D eigenvalue weighted by atomic mass is 9.74. The van der Waals surface area contributed by atoms with Gasteiger partial charge in [-0.15, -0.1) is 0 Å². The average molecular weight is 290 g/mol. The molecule has 0 aromatic heterocycles. The molecule has 116 valence electrons. The number of unbranched alkanes of at least 4 members (excludes halogenated alkanes) is 1. The molecule has 2 rings (SSSR count). The van der Waals surface area contributed by atoms with Gasteiger partial charge in [0.2, 0.25) is 0 Å². The average Bonchev–Trinajstić information content (AvgIpc) is 2.48. The van der Waals surface area contributed by atoms with Crippen LogP contribution in [0, 0.1) is 5.41 Å². The van der Waals surface area contributed by atoms with Crippen LogP contribution in [0.25, 0.3) is 0 Å². The summed E-state index contributed by atoms with van der Waals surface area (Å²) in [5.74, 6) is 1.12. The van der Waals surface area contributed by atoms with Crippen LogP contribution < -0.4 is 4.74 Å².